The number of nitrogens with one attached hydrogen (secondary N) is 1. The van der Waals surface area contributed by atoms with Gasteiger partial charge in [0.15, 0.2) is 0 Å². The Bertz CT molecular complexity index is 409. The summed E-state index contributed by atoms with van der Waals surface area (Å²) < 4.78 is 1.69. The van der Waals surface area contributed by atoms with Gasteiger partial charge in [-0.25, -0.2) is 0 Å². The van der Waals surface area contributed by atoms with Crippen molar-refractivity contribution in [1.29, 1.82) is 0 Å². The van der Waals surface area contributed by atoms with Crippen LogP contribution in [0, 0.1) is 5.92 Å². The highest BCUT2D eigenvalue weighted by atomic mass is 79.9. The number of alkyl halides is 1. The van der Waals surface area contributed by atoms with Gasteiger partial charge in [-0.3, -0.25) is 4.79 Å². The van der Waals surface area contributed by atoms with Crippen molar-refractivity contribution in [2.45, 2.75) is 19.9 Å². The van der Waals surface area contributed by atoms with Gasteiger partial charge in [-0.1, -0.05) is 29.8 Å². The molecule has 1 amide bonds. The van der Waals surface area contributed by atoms with Gasteiger partial charge in [0.25, 0.3) is 5.91 Å². The van der Waals surface area contributed by atoms with Crippen LogP contribution < -0.4 is 5.32 Å². The fourth-order valence-electron chi connectivity index (χ4n) is 1.30. The molecule has 94 valence electrons. The molecule has 1 N–H and O–H groups in total. The van der Waals surface area contributed by atoms with E-state index in [0.717, 1.165) is 8.95 Å². The highest BCUT2D eigenvalue weighted by Crippen LogP contribution is 2.22. The van der Waals surface area contributed by atoms with Crippen LogP contribution in [0.15, 0.2) is 27.1 Å². The Hall–Kier alpha value is -0.0600. The van der Waals surface area contributed by atoms with Crippen molar-refractivity contribution in [3.05, 3.63) is 32.7 Å². The maximum atomic E-state index is 12.0. The molecule has 1 unspecified atom stereocenters. The molecule has 1 atom stereocenters. The van der Waals surface area contributed by atoms with E-state index in [9.17, 15) is 4.79 Å². The number of rotatable bonds is 4. The first kappa shape index (κ1) is 15.0. The second-order valence-electron chi connectivity index (χ2n) is 4.10. The SMILES string of the molecule is CC(C)C(CCl)NC(=O)c1ccc(Br)cc1Br. The van der Waals surface area contributed by atoms with Gasteiger partial charge in [-0.15, -0.1) is 11.6 Å². The molecule has 0 aliphatic carbocycles. The quantitative estimate of drug-likeness (QED) is 0.776. The first-order chi connectivity index (χ1) is 7.95. The minimum absolute atomic E-state index is 0.0142. The number of hydrogen-bond acceptors (Lipinski definition) is 1. The normalized spacial score (nSPS) is 12.6. The number of carbonyl (C=O) groups excluding carboxylic acids is 1. The molecule has 0 aliphatic heterocycles. The van der Waals surface area contributed by atoms with Crippen molar-refractivity contribution in [3.8, 4) is 0 Å². The fourth-order valence-corrected chi connectivity index (χ4v) is 2.96. The van der Waals surface area contributed by atoms with Gasteiger partial charge in [0, 0.05) is 20.9 Å². The molecule has 0 fully saturated rings. The van der Waals surface area contributed by atoms with Crippen LogP contribution >= 0.6 is 43.5 Å². The predicted octanol–water partition coefficient (Wildman–Crippen LogP) is 4.20. The third-order valence-electron chi connectivity index (χ3n) is 2.46. The summed E-state index contributed by atoms with van der Waals surface area (Å²) in [5.74, 6) is 0.617. The predicted molar refractivity (Wildman–Crippen MR) is 78.7 cm³/mol. The molecule has 0 radical (unpaired) electrons. The van der Waals surface area contributed by atoms with E-state index in [-0.39, 0.29) is 11.9 Å². The average Bonchev–Trinajstić information content (AvgIpc) is 2.24. The van der Waals surface area contributed by atoms with E-state index >= 15 is 0 Å². The third-order valence-corrected chi connectivity index (χ3v) is 3.95. The Morgan fingerprint density at radius 1 is 1.41 bits per heavy atom. The van der Waals surface area contributed by atoms with E-state index in [1.54, 1.807) is 6.07 Å². The summed E-state index contributed by atoms with van der Waals surface area (Å²) in [5.41, 5.74) is 0.615. The molecule has 0 heterocycles. The second kappa shape index (κ2) is 6.76. The summed E-state index contributed by atoms with van der Waals surface area (Å²) >= 11 is 12.5. The topological polar surface area (TPSA) is 29.1 Å². The standard InChI is InChI=1S/C12H14Br2ClNO/c1-7(2)11(6-15)16-12(17)9-4-3-8(13)5-10(9)14/h3-5,7,11H,6H2,1-2H3,(H,16,17). The minimum atomic E-state index is -0.108. The Labute approximate surface area is 123 Å². The summed E-state index contributed by atoms with van der Waals surface area (Å²) in [7, 11) is 0. The molecule has 1 rings (SSSR count). The number of carbonyl (C=O) groups is 1. The molecular weight excluding hydrogens is 369 g/mol. The Morgan fingerprint density at radius 2 is 2.06 bits per heavy atom. The molecule has 0 spiro atoms. The van der Waals surface area contributed by atoms with Crippen molar-refractivity contribution >= 4 is 49.4 Å². The van der Waals surface area contributed by atoms with E-state index in [1.807, 2.05) is 26.0 Å². The molecular formula is C12H14Br2ClNO. The molecule has 0 aromatic heterocycles. The van der Waals surface area contributed by atoms with Gasteiger partial charge < -0.3 is 5.32 Å². The van der Waals surface area contributed by atoms with E-state index in [1.165, 1.54) is 0 Å². The van der Waals surface area contributed by atoms with Gasteiger partial charge in [0.05, 0.1) is 5.56 Å². The number of halogens is 3. The summed E-state index contributed by atoms with van der Waals surface area (Å²) in [4.78, 5) is 12.0. The number of benzene rings is 1. The van der Waals surface area contributed by atoms with Crippen LogP contribution in [0.25, 0.3) is 0 Å². The Balaban J connectivity index is 2.82. The van der Waals surface area contributed by atoms with Crippen LogP contribution in [0.1, 0.15) is 24.2 Å². The van der Waals surface area contributed by atoms with Crippen LogP contribution in [0.4, 0.5) is 0 Å². The van der Waals surface area contributed by atoms with Gasteiger partial charge in [0.2, 0.25) is 0 Å². The second-order valence-corrected chi connectivity index (χ2v) is 6.18. The number of amides is 1. The molecule has 1 aromatic rings. The van der Waals surface area contributed by atoms with Crippen LogP contribution in [-0.2, 0) is 0 Å². The molecule has 2 nitrogen and oxygen atoms in total. The lowest BCUT2D eigenvalue weighted by Gasteiger charge is -2.20. The van der Waals surface area contributed by atoms with Crippen LogP contribution in [0.5, 0.6) is 0 Å². The van der Waals surface area contributed by atoms with Crippen molar-refractivity contribution < 1.29 is 4.79 Å². The lowest BCUT2D eigenvalue weighted by molar-refractivity contribution is 0.0930. The Kier molecular flexibility index (Phi) is 5.97. The lowest BCUT2D eigenvalue weighted by Crippen LogP contribution is -2.40. The van der Waals surface area contributed by atoms with Crippen molar-refractivity contribution in [2.24, 2.45) is 5.92 Å². The molecule has 0 aliphatic rings. The van der Waals surface area contributed by atoms with Crippen molar-refractivity contribution in [2.75, 3.05) is 5.88 Å². The zero-order chi connectivity index (χ0) is 13.0. The summed E-state index contributed by atoms with van der Waals surface area (Å²) in [6, 6.07) is 5.44. The van der Waals surface area contributed by atoms with E-state index in [4.69, 9.17) is 11.6 Å². The van der Waals surface area contributed by atoms with E-state index in [0.29, 0.717) is 17.4 Å². The Morgan fingerprint density at radius 3 is 2.53 bits per heavy atom. The van der Waals surface area contributed by atoms with Gasteiger partial charge in [0.1, 0.15) is 0 Å². The number of hydrogen-bond donors (Lipinski definition) is 1. The smallest absolute Gasteiger partial charge is 0.252 e. The summed E-state index contributed by atoms with van der Waals surface area (Å²) in [6.45, 7) is 4.06. The van der Waals surface area contributed by atoms with Crippen molar-refractivity contribution in [3.63, 3.8) is 0 Å². The first-order valence-electron chi connectivity index (χ1n) is 5.27. The van der Waals surface area contributed by atoms with Crippen LogP contribution in [0.3, 0.4) is 0 Å². The summed E-state index contributed by atoms with van der Waals surface area (Å²) in [5, 5.41) is 2.93. The average molecular weight is 384 g/mol. The summed E-state index contributed by atoms with van der Waals surface area (Å²) in [6.07, 6.45) is 0. The molecule has 0 saturated heterocycles. The molecule has 0 saturated carbocycles. The molecule has 0 bridgehead atoms. The maximum Gasteiger partial charge on any atom is 0.252 e. The molecule has 17 heavy (non-hydrogen) atoms. The fraction of sp³-hybridized carbons (Fsp3) is 0.417. The van der Waals surface area contributed by atoms with Crippen LogP contribution in [0.2, 0.25) is 0 Å². The monoisotopic (exact) mass is 381 g/mol. The zero-order valence-corrected chi connectivity index (χ0v) is 13.6. The maximum absolute atomic E-state index is 12.0. The van der Waals surface area contributed by atoms with E-state index in [2.05, 4.69) is 37.2 Å². The minimum Gasteiger partial charge on any atom is -0.348 e. The largest absolute Gasteiger partial charge is 0.348 e. The lowest BCUT2D eigenvalue weighted by atomic mass is 10.1. The van der Waals surface area contributed by atoms with Crippen LogP contribution in [-0.4, -0.2) is 17.8 Å². The van der Waals surface area contributed by atoms with Gasteiger partial charge in [-0.2, -0.15) is 0 Å². The highest BCUT2D eigenvalue weighted by Gasteiger charge is 2.17. The van der Waals surface area contributed by atoms with E-state index < -0.39 is 0 Å². The van der Waals surface area contributed by atoms with Gasteiger partial charge >= 0.3 is 0 Å². The van der Waals surface area contributed by atoms with Crippen molar-refractivity contribution in [1.82, 2.24) is 5.32 Å². The molecule has 1 aromatic carbocycles. The highest BCUT2D eigenvalue weighted by molar-refractivity contribution is 9.11. The third kappa shape index (κ3) is 4.27. The molecule has 5 heteroatoms. The zero-order valence-electron chi connectivity index (χ0n) is 9.64. The van der Waals surface area contributed by atoms with Gasteiger partial charge in [-0.05, 0) is 40.0 Å². The first-order valence-corrected chi connectivity index (χ1v) is 7.39.